The van der Waals surface area contributed by atoms with E-state index in [1.54, 1.807) is 11.3 Å². The molecule has 2 heterocycles. The van der Waals surface area contributed by atoms with Crippen molar-refractivity contribution in [3.05, 3.63) is 81.2 Å². The van der Waals surface area contributed by atoms with Gasteiger partial charge in [0, 0.05) is 10.1 Å². The summed E-state index contributed by atoms with van der Waals surface area (Å²) in [7, 11) is 0. The summed E-state index contributed by atoms with van der Waals surface area (Å²) < 4.78 is 1.13. The summed E-state index contributed by atoms with van der Waals surface area (Å²) >= 11 is 3.00. The number of thiazole rings is 1. The predicted molar refractivity (Wildman–Crippen MR) is 111 cm³/mol. The molecule has 0 atom stereocenters. The lowest BCUT2D eigenvalue weighted by molar-refractivity contribution is 0.103. The molecule has 0 aliphatic heterocycles. The molecule has 5 heteroatoms. The maximum absolute atomic E-state index is 12.9. The van der Waals surface area contributed by atoms with Crippen molar-refractivity contribution < 1.29 is 4.79 Å². The zero-order valence-electron chi connectivity index (χ0n) is 14.6. The molecule has 1 amide bonds. The average Bonchev–Trinajstić information content (AvgIpc) is 3.21. The van der Waals surface area contributed by atoms with E-state index in [2.05, 4.69) is 53.6 Å². The molecule has 0 saturated heterocycles. The number of carbonyl (C=O) groups is 1. The summed E-state index contributed by atoms with van der Waals surface area (Å²) in [6.07, 6.45) is 0.740. The maximum Gasteiger partial charge on any atom is 0.267 e. The summed E-state index contributed by atoms with van der Waals surface area (Å²) in [5.74, 6) is -0.0809. The van der Waals surface area contributed by atoms with Gasteiger partial charge >= 0.3 is 0 Å². The number of amides is 1. The molecule has 0 radical (unpaired) electrons. The summed E-state index contributed by atoms with van der Waals surface area (Å²) in [5, 5.41) is 6.69. The van der Waals surface area contributed by atoms with E-state index >= 15 is 0 Å². The van der Waals surface area contributed by atoms with Gasteiger partial charge in [-0.05, 0) is 42.8 Å². The fourth-order valence-corrected chi connectivity index (χ4v) is 4.73. The molecular weight excluding hydrogens is 360 g/mol. The zero-order valence-corrected chi connectivity index (χ0v) is 16.2. The van der Waals surface area contributed by atoms with Gasteiger partial charge in [-0.2, -0.15) is 0 Å². The highest BCUT2D eigenvalue weighted by Crippen LogP contribution is 2.33. The Balaban J connectivity index is 1.73. The van der Waals surface area contributed by atoms with Crippen molar-refractivity contribution in [3.8, 4) is 0 Å². The van der Waals surface area contributed by atoms with E-state index in [-0.39, 0.29) is 5.91 Å². The van der Waals surface area contributed by atoms with Gasteiger partial charge in [0.25, 0.3) is 5.91 Å². The van der Waals surface area contributed by atoms with Crippen LogP contribution in [0.15, 0.2) is 53.9 Å². The number of benzene rings is 2. The van der Waals surface area contributed by atoms with Crippen LogP contribution in [0.1, 0.15) is 32.1 Å². The minimum Gasteiger partial charge on any atom is -0.297 e. The standard InChI is InChI=1S/C21H18N2OS2/c1-13-7-9-15(10-8-13)11-17-16-5-3-4-6-18(16)26-19(17)20(24)23-21-22-14(2)12-25-21/h3-10,12H,11H2,1-2H3,(H,22,23,24). The lowest BCUT2D eigenvalue weighted by Crippen LogP contribution is -2.12. The minimum absolute atomic E-state index is 0.0809. The molecule has 3 nitrogen and oxygen atoms in total. The highest BCUT2D eigenvalue weighted by Gasteiger charge is 2.19. The third kappa shape index (κ3) is 3.41. The number of rotatable bonds is 4. The smallest absolute Gasteiger partial charge is 0.267 e. The van der Waals surface area contributed by atoms with Gasteiger partial charge < -0.3 is 0 Å². The van der Waals surface area contributed by atoms with Crippen LogP contribution in [0.5, 0.6) is 0 Å². The van der Waals surface area contributed by atoms with E-state index in [0.717, 1.165) is 32.6 Å². The van der Waals surface area contributed by atoms with Crippen LogP contribution < -0.4 is 5.32 Å². The molecule has 0 aliphatic carbocycles. The number of aryl methyl sites for hydroxylation is 2. The monoisotopic (exact) mass is 378 g/mol. The first-order chi connectivity index (χ1) is 12.6. The average molecular weight is 379 g/mol. The Morgan fingerprint density at radius 1 is 1.08 bits per heavy atom. The van der Waals surface area contributed by atoms with Crippen LogP contribution in [0.2, 0.25) is 0 Å². The number of fused-ring (bicyclic) bond motifs is 1. The SMILES string of the molecule is Cc1ccc(Cc2c(C(=O)Nc3nc(C)cs3)sc3ccccc23)cc1. The molecule has 0 saturated carbocycles. The lowest BCUT2D eigenvalue weighted by Gasteiger charge is -2.06. The fourth-order valence-electron chi connectivity index (χ4n) is 2.93. The normalized spacial score (nSPS) is 11.0. The number of aromatic nitrogens is 1. The summed E-state index contributed by atoms with van der Waals surface area (Å²) in [5.41, 5.74) is 4.45. The first-order valence-corrected chi connectivity index (χ1v) is 10.1. The predicted octanol–water partition coefficient (Wildman–Crippen LogP) is 5.82. The highest BCUT2D eigenvalue weighted by molar-refractivity contribution is 7.21. The Morgan fingerprint density at radius 3 is 2.58 bits per heavy atom. The van der Waals surface area contributed by atoms with Crippen LogP contribution in [0, 0.1) is 13.8 Å². The molecule has 0 unspecified atom stereocenters. The van der Waals surface area contributed by atoms with E-state index in [0.29, 0.717) is 5.13 Å². The molecule has 0 aliphatic rings. The van der Waals surface area contributed by atoms with Crippen LogP contribution in [0.3, 0.4) is 0 Å². The highest BCUT2D eigenvalue weighted by atomic mass is 32.1. The van der Waals surface area contributed by atoms with Crippen LogP contribution in [0.4, 0.5) is 5.13 Å². The minimum atomic E-state index is -0.0809. The molecule has 4 aromatic rings. The van der Waals surface area contributed by atoms with Gasteiger partial charge in [0.15, 0.2) is 5.13 Å². The summed E-state index contributed by atoms with van der Waals surface area (Å²) in [6, 6.07) is 16.7. The Morgan fingerprint density at radius 2 is 1.85 bits per heavy atom. The zero-order chi connectivity index (χ0) is 18.1. The third-order valence-corrected chi connectivity index (χ3v) is 6.33. The number of hydrogen-bond acceptors (Lipinski definition) is 4. The van der Waals surface area contributed by atoms with Crippen molar-refractivity contribution in [3.63, 3.8) is 0 Å². The van der Waals surface area contributed by atoms with E-state index in [9.17, 15) is 4.79 Å². The van der Waals surface area contributed by atoms with E-state index in [4.69, 9.17) is 0 Å². The van der Waals surface area contributed by atoms with Gasteiger partial charge in [-0.25, -0.2) is 4.98 Å². The van der Waals surface area contributed by atoms with Crippen LogP contribution in [-0.4, -0.2) is 10.9 Å². The number of nitrogens with one attached hydrogen (secondary N) is 1. The molecular formula is C21H18N2OS2. The quantitative estimate of drug-likeness (QED) is 0.486. The Bertz CT molecular complexity index is 1080. The van der Waals surface area contributed by atoms with Gasteiger partial charge in [0.05, 0.1) is 10.6 Å². The van der Waals surface area contributed by atoms with E-state index in [1.165, 1.54) is 22.5 Å². The largest absolute Gasteiger partial charge is 0.297 e. The number of anilines is 1. The molecule has 2 aromatic carbocycles. The third-order valence-electron chi connectivity index (χ3n) is 4.25. The maximum atomic E-state index is 12.9. The van der Waals surface area contributed by atoms with Crippen LogP contribution in [-0.2, 0) is 6.42 Å². The molecule has 2 aromatic heterocycles. The Hall–Kier alpha value is -2.50. The van der Waals surface area contributed by atoms with Crippen LogP contribution >= 0.6 is 22.7 Å². The number of carbonyl (C=O) groups excluding carboxylic acids is 1. The molecule has 130 valence electrons. The number of hydrogen-bond donors (Lipinski definition) is 1. The molecule has 4 rings (SSSR count). The first kappa shape index (κ1) is 16.9. The molecule has 26 heavy (non-hydrogen) atoms. The molecule has 0 fully saturated rings. The molecule has 0 spiro atoms. The molecule has 1 N–H and O–H groups in total. The molecule has 0 bridgehead atoms. The van der Waals surface area contributed by atoms with E-state index < -0.39 is 0 Å². The number of thiophene rings is 1. The van der Waals surface area contributed by atoms with Gasteiger partial charge in [0.1, 0.15) is 0 Å². The Labute approximate surface area is 160 Å². The second-order valence-electron chi connectivity index (χ2n) is 6.32. The second-order valence-corrected chi connectivity index (χ2v) is 8.23. The van der Waals surface area contributed by atoms with Crippen LogP contribution in [0.25, 0.3) is 10.1 Å². The number of nitrogens with zero attached hydrogens (tertiary/aromatic N) is 1. The van der Waals surface area contributed by atoms with Gasteiger partial charge in [-0.1, -0.05) is 48.0 Å². The van der Waals surface area contributed by atoms with Crippen molar-refractivity contribution >= 4 is 43.8 Å². The summed E-state index contributed by atoms with van der Waals surface area (Å²) in [4.78, 5) is 18.0. The van der Waals surface area contributed by atoms with Crippen molar-refractivity contribution in [2.24, 2.45) is 0 Å². The second kappa shape index (κ2) is 7.02. The lowest BCUT2D eigenvalue weighted by atomic mass is 10.0. The van der Waals surface area contributed by atoms with Gasteiger partial charge in [-0.3, -0.25) is 10.1 Å². The van der Waals surface area contributed by atoms with Crippen molar-refractivity contribution in [1.29, 1.82) is 0 Å². The Kier molecular flexibility index (Phi) is 4.57. The van der Waals surface area contributed by atoms with Gasteiger partial charge in [-0.15, -0.1) is 22.7 Å². The van der Waals surface area contributed by atoms with E-state index in [1.807, 2.05) is 24.4 Å². The summed E-state index contributed by atoms with van der Waals surface area (Å²) in [6.45, 7) is 4.01. The van der Waals surface area contributed by atoms with Crippen molar-refractivity contribution in [2.45, 2.75) is 20.3 Å². The van der Waals surface area contributed by atoms with Crippen molar-refractivity contribution in [1.82, 2.24) is 4.98 Å². The van der Waals surface area contributed by atoms with Crippen molar-refractivity contribution in [2.75, 3.05) is 5.32 Å². The topological polar surface area (TPSA) is 42.0 Å². The first-order valence-electron chi connectivity index (χ1n) is 8.39. The van der Waals surface area contributed by atoms with Gasteiger partial charge in [0.2, 0.25) is 0 Å². The fraction of sp³-hybridized carbons (Fsp3) is 0.143.